The Morgan fingerprint density at radius 2 is 1.67 bits per heavy atom. The Hall–Kier alpha value is -3.53. The van der Waals surface area contributed by atoms with Crippen molar-refractivity contribution in [3.63, 3.8) is 0 Å². The average molecular weight is 453 g/mol. The number of cyclic esters (lactones) is 1. The molecule has 0 radical (unpaired) electrons. The Labute approximate surface area is 189 Å². The van der Waals surface area contributed by atoms with E-state index in [1.54, 1.807) is 30.3 Å². The lowest BCUT2D eigenvalue weighted by atomic mass is 10.0. The summed E-state index contributed by atoms with van der Waals surface area (Å²) >= 11 is 0. The van der Waals surface area contributed by atoms with E-state index < -0.39 is 54.0 Å². The van der Waals surface area contributed by atoms with Gasteiger partial charge in [0.25, 0.3) is 11.8 Å². The zero-order valence-corrected chi connectivity index (χ0v) is 17.7. The smallest absolute Gasteiger partial charge is 0.310 e. The van der Waals surface area contributed by atoms with Crippen LogP contribution in [-0.2, 0) is 19.1 Å². The molecule has 33 heavy (non-hydrogen) atoms. The number of carbonyl (C=O) groups is 5. The van der Waals surface area contributed by atoms with Crippen molar-refractivity contribution < 1.29 is 33.8 Å². The van der Waals surface area contributed by atoms with Crippen LogP contribution in [0.25, 0.3) is 0 Å². The molecule has 0 aromatic heterocycles. The summed E-state index contributed by atoms with van der Waals surface area (Å²) in [5, 5.41) is 12.4. The van der Waals surface area contributed by atoms with Gasteiger partial charge in [0, 0.05) is 6.04 Å². The van der Waals surface area contributed by atoms with Gasteiger partial charge in [0.15, 0.2) is 0 Å². The van der Waals surface area contributed by atoms with Gasteiger partial charge in [0.2, 0.25) is 18.1 Å². The minimum absolute atomic E-state index is 0.155. The van der Waals surface area contributed by atoms with Crippen LogP contribution in [0.15, 0.2) is 36.4 Å². The molecule has 1 aromatic rings. The maximum Gasteiger partial charge on any atom is 0.310 e. The minimum atomic E-state index is -1.43. The van der Waals surface area contributed by atoms with Gasteiger partial charge in [0.05, 0.1) is 17.5 Å². The molecule has 0 aliphatic carbocycles. The molecule has 5 atom stereocenters. The number of imide groups is 1. The number of nitrogens with one attached hydrogen (secondary N) is 1. The summed E-state index contributed by atoms with van der Waals surface area (Å²) in [5.74, 6) is -2.63. The van der Waals surface area contributed by atoms with E-state index in [0.29, 0.717) is 19.3 Å². The number of amides is 4. The molecule has 10 nitrogen and oxygen atoms in total. The van der Waals surface area contributed by atoms with Crippen molar-refractivity contribution >= 4 is 29.6 Å². The van der Waals surface area contributed by atoms with Crippen molar-refractivity contribution in [3.8, 4) is 0 Å². The van der Waals surface area contributed by atoms with E-state index in [0.717, 1.165) is 4.90 Å². The Morgan fingerprint density at radius 3 is 2.30 bits per heavy atom. The third-order valence-corrected chi connectivity index (χ3v) is 6.73. The molecule has 0 spiro atoms. The Morgan fingerprint density at radius 1 is 1.00 bits per heavy atom. The Bertz CT molecular complexity index is 1050. The van der Waals surface area contributed by atoms with Crippen molar-refractivity contribution in [2.24, 2.45) is 0 Å². The molecule has 2 N–H and O–H groups in total. The second-order valence-corrected chi connectivity index (χ2v) is 8.68. The fourth-order valence-electron chi connectivity index (χ4n) is 5.11. The summed E-state index contributed by atoms with van der Waals surface area (Å²) in [6.45, 7) is 0. The first-order chi connectivity index (χ1) is 15.9. The van der Waals surface area contributed by atoms with Crippen molar-refractivity contribution in [2.75, 3.05) is 0 Å². The summed E-state index contributed by atoms with van der Waals surface area (Å²) < 4.78 is 4.67. The Kier molecular flexibility index (Phi) is 5.24. The van der Waals surface area contributed by atoms with Crippen LogP contribution in [0, 0.1) is 0 Å². The predicted molar refractivity (Wildman–Crippen MR) is 111 cm³/mol. The molecule has 172 valence electrons. The molecule has 0 saturated carbocycles. The largest absolute Gasteiger partial charge is 0.434 e. The van der Waals surface area contributed by atoms with Crippen LogP contribution in [0.5, 0.6) is 0 Å². The van der Waals surface area contributed by atoms with Gasteiger partial charge in [-0.3, -0.25) is 28.9 Å². The maximum absolute atomic E-state index is 13.7. The van der Waals surface area contributed by atoms with Crippen molar-refractivity contribution in [1.29, 1.82) is 0 Å². The van der Waals surface area contributed by atoms with Gasteiger partial charge >= 0.3 is 5.97 Å². The Balaban J connectivity index is 1.41. The van der Waals surface area contributed by atoms with Crippen molar-refractivity contribution in [3.05, 3.63) is 47.5 Å². The molecule has 0 bridgehead atoms. The lowest BCUT2D eigenvalue weighted by molar-refractivity contribution is -0.155. The van der Waals surface area contributed by atoms with Crippen molar-refractivity contribution in [1.82, 2.24) is 15.1 Å². The van der Waals surface area contributed by atoms with Gasteiger partial charge < -0.3 is 20.1 Å². The summed E-state index contributed by atoms with van der Waals surface area (Å²) in [4.78, 5) is 66.6. The molecule has 2 unspecified atom stereocenters. The number of hydrogen-bond donors (Lipinski definition) is 2. The van der Waals surface area contributed by atoms with E-state index in [-0.39, 0.29) is 30.0 Å². The summed E-state index contributed by atoms with van der Waals surface area (Å²) in [6.07, 6.45) is 3.79. The number of aliphatic hydroxyl groups is 1. The van der Waals surface area contributed by atoms with E-state index in [1.807, 2.05) is 6.08 Å². The number of aliphatic hydroxyl groups excluding tert-OH is 1. The third kappa shape index (κ3) is 3.50. The number of esters is 1. The number of ether oxygens (including phenoxy) is 1. The predicted octanol–water partition coefficient (Wildman–Crippen LogP) is 0.111. The van der Waals surface area contributed by atoms with Gasteiger partial charge in [-0.2, -0.15) is 0 Å². The molecular formula is C23H23N3O7. The van der Waals surface area contributed by atoms with E-state index in [2.05, 4.69) is 10.1 Å². The topological polar surface area (TPSA) is 133 Å². The standard InChI is InChI=1S/C23H23N3O7/c27-18-11-15(23(32)33-18)24-19(28)16-10-9-12-5-1-4-8-17(22(31)25(12)16)26-20(29)13-6-2-3-7-14(13)21(26)30/h1-4,6-7,12,15-17,23,32H,5,8-11H2,(H,24,28)/t12-,15?,16+,17+,23?/m1/s1. The third-order valence-electron chi connectivity index (χ3n) is 6.73. The van der Waals surface area contributed by atoms with Gasteiger partial charge in [-0.1, -0.05) is 24.3 Å². The average Bonchev–Trinajstić information content (AvgIpc) is 3.42. The van der Waals surface area contributed by atoms with Gasteiger partial charge in [0.1, 0.15) is 18.1 Å². The summed E-state index contributed by atoms with van der Waals surface area (Å²) in [6, 6.07) is 3.40. The van der Waals surface area contributed by atoms with Crippen LogP contribution in [0.1, 0.15) is 52.8 Å². The van der Waals surface area contributed by atoms with Crippen LogP contribution in [-0.4, -0.2) is 75.0 Å². The monoisotopic (exact) mass is 453 g/mol. The molecule has 4 heterocycles. The summed E-state index contributed by atoms with van der Waals surface area (Å²) in [7, 11) is 0. The number of carbonyl (C=O) groups excluding carboxylic acids is 5. The highest BCUT2D eigenvalue weighted by Crippen LogP contribution is 2.33. The first-order valence-corrected chi connectivity index (χ1v) is 11.0. The molecule has 2 saturated heterocycles. The SMILES string of the molecule is O=C1CC(NC(=O)[C@@H]2CC[C@H]3CC=CC[C@H](N4C(=O)c5ccccc5C4=O)C(=O)N32)C(O)O1. The zero-order valence-electron chi connectivity index (χ0n) is 17.7. The molecule has 10 heteroatoms. The van der Waals surface area contributed by atoms with Gasteiger partial charge in [-0.15, -0.1) is 0 Å². The second-order valence-electron chi connectivity index (χ2n) is 8.68. The highest BCUT2D eigenvalue weighted by atomic mass is 16.6. The zero-order chi connectivity index (χ0) is 23.3. The number of fused-ring (bicyclic) bond motifs is 2. The molecular weight excluding hydrogens is 430 g/mol. The molecule has 1 aromatic carbocycles. The summed E-state index contributed by atoms with van der Waals surface area (Å²) in [5.41, 5.74) is 0.516. The van der Waals surface area contributed by atoms with Crippen LogP contribution in [0.3, 0.4) is 0 Å². The molecule has 4 aliphatic heterocycles. The first-order valence-electron chi connectivity index (χ1n) is 11.0. The van der Waals surface area contributed by atoms with Gasteiger partial charge in [-0.25, -0.2) is 0 Å². The number of benzene rings is 1. The second kappa shape index (κ2) is 8.11. The molecule has 4 amide bonds. The fourth-order valence-corrected chi connectivity index (χ4v) is 5.11. The van der Waals surface area contributed by atoms with E-state index in [9.17, 15) is 29.1 Å². The van der Waals surface area contributed by atoms with Crippen LogP contribution in [0.4, 0.5) is 0 Å². The highest BCUT2D eigenvalue weighted by molar-refractivity contribution is 6.23. The minimum Gasteiger partial charge on any atom is -0.434 e. The lowest BCUT2D eigenvalue weighted by Gasteiger charge is -2.36. The van der Waals surface area contributed by atoms with Crippen LogP contribution < -0.4 is 5.32 Å². The highest BCUT2D eigenvalue weighted by Gasteiger charge is 2.49. The van der Waals surface area contributed by atoms with E-state index >= 15 is 0 Å². The fraction of sp³-hybridized carbons (Fsp3) is 0.435. The first kappa shape index (κ1) is 21.3. The normalized spacial score (nSPS) is 31.2. The van der Waals surface area contributed by atoms with Crippen LogP contribution >= 0.6 is 0 Å². The van der Waals surface area contributed by atoms with E-state index in [4.69, 9.17) is 0 Å². The van der Waals surface area contributed by atoms with Crippen molar-refractivity contribution in [2.45, 2.75) is 62.6 Å². The molecule has 2 fully saturated rings. The molecule has 5 rings (SSSR count). The molecule has 4 aliphatic rings. The lowest BCUT2D eigenvalue weighted by Crippen LogP contribution is -2.58. The number of rotatable bonds is 3. The number of hydrogen-bond acceptors (Lipinski definition) is 7. The number of nitrogens with zero attached hydrogens (tertiary/aromatic N) is 2. The maximum atomic E-state index is 13.7. The van der Waals surface area contributed by atoms with E-state index in [1.165, 1.54) is 4.90 Å². The van der Waals surface area contributed by atoms with Crippen LogP contribution in [0.2, 0.25) is 0 Å². The quantitative estimate of drug-likeness (QED) is 0.377. The van der Waals surface area contributed by atoms with Gasteiger partial charge in [-0.05, 0) is 37.8 Å².